The van der Waals surface area contributed by atoms with Gasteiger partial charge in [0, 0.05) is 44.5 Å². The minimum atomic E-state index is 0.830. The van der Waals surface area contributed by atoms with Crippen LogP contribution in [0.15, 0.2) is 42.7 Å². The van der Waals surface area contributed by atoms with Crippen molar-refractivity contribution in [3.8, 4) is 5.69 Å². The van der Waals surface area contributed by atoms with Gasteiger partial charge in [-0.3, -0.25) is 5.43 Å². The molecule has 0 bridgehead atoms. The second kappa shape index (κ2) is 6.17. The molecule has 20 heavy (non-hydrogen) atoms. The molecule has 0 amide bonds. The Morgan fingerprint density at radius 1 is 1.10 bits per heavy atom. The highest BCUT2D eigenvalue weighted by Crippen LogP contribution is 2.07. The molecule has 1 saturated heterocycles. The van der Waals surface area contributed by atoms with E-state index in [9.17, 15) is 0 Å². The van der Waals surface area contributed by atoms with Gasteiger partial charge >= 0.3 is 0 Å². The molecule has 1 aromatic heterocycles. The van der Waals surface area contributed by atoms with E-state index in [1.807, 2.05) is 29.1 Å². The lowest BCUT2D eigenvalue weighted by molar-refractivity contribution is 0.102. The molecular weight excluding hydrogens is 250 g/mol. The third-order valence-electron chi connectivity index (χ3n) is 3.67. The molecule has 5 nitrogen and oxygen atoms in total. The highest BCUT2D eigenvalue weighted by Gasteiger charge is 2.13. The van der Waals surface area contributed by atoms with E-state index in [1.54, 1.807) is 0 Å². The number of hydrazine groups is 1. The predicted octanol–water partition coefficient (Wildman–Crippen LogP) is 1.12. The fraction of sp³-hybridized carbons (Fsp3) is 0.400. The Bertz CT molecular complexity index is 528. The first-order chi connectivity index (χ1) is 9.81. The molecule has 5 heteroatoms. The van der Waals surface area contributed by atoms with Crippen LogP contribution in [0.1, 0.15) is 5.56 Å². The van der Waals surface area contributed by atoms with Gasteiger partial charge < -0.3 is 4.90 Å². The summed E-state index contributed by atoms with van der Waals surface area (Å²) < 4.78 is 1.92. The molecule has 1 aliphatic heterocycles. The molecule has 0 aliphatic carbocycles. The van der Waals surface area contributed by atoms with Crippen molar-refractivity contribution in [1.82, 2.24) is 25.1 Å². The number of rotatable bonds is 4. The number of aromatic nitrogens is 2. The van der Waals surface area contributed by atoms with Gasteiger partial charge in [-0.15, -0.1) is 0 Å². The van der Waals surface area contributed by atoms with E-state index < -0.39 is 0 Å². The molecule has 0 unspecified atom stereocenters. The first kappa shape index (κ1) is 13.3. The van der Waals surface area contributed by atoms with Gasteiger partial charge in [0.1, 0.15) is 0 Å². The van der Waals surface area contributed by atoms with E-state index >= 15 is 0 Å². The lowest BCUT2D eigenvalue weighted by atomic mass is 10.3. The number of nitrogens with one attached hydrogen (secondary N) is 1. The number of piperazine rings is 1. The highest BCUT2D eigenvalue weighted by molar-refractivity contribution is 5.30. The summed E-state index contributed by atoms with van der Waals surface area (Å²) in [6.45, 7) is 5.22. The summed E-state index contributed by atoms with van der Waals surface area (Å²) in [5.74, 6) is 0. The maximum absolute atomic E-state index is 4.41. The fourth-order valence-electron chi connectivity index (χ4n) is 2.34. The number of benzene rings is 1. The number of hydrogen-bond acceptors (Lipinski definition) is 4. The van der Waals surface area contributed by atoms with Crippen LogP contribution in [-0.4, -0.2) is 52.9 Å². The van der Waals surface area contributed by atoms with Crippen LogP contribution in [-0.2, 0) is 6.54 Å². The normalized spacial score (nSPS) is 17.4. The zero-order chi connectivity index (χ0) is 13.8. The molecule has 0 spiro atoms. The van der Waals surface area contributed by atoms with E-state index in [4.69, 9.17) is 0 Å². The van der Waals surface area contributed by atoms with Crippen molar-refractivity contribution in [2.75, 3.05) is 33.2 Å². The maximum Gasteiger partial charge on any atom is 0.0645 e. The number of para-hydroxylation sites is 1. The summed E-state index contributed by atoms with van der Waals surface area (Å²) in [6, 6.07) is 10.2. The minimum Gasteiger partial charge on any atom is -0.304 e. The summed E-state index contributed by atoms with van der Waals surface area (Å²) in [7, 11) is 2.17. The Hall–Kier alpha value is -1.69. The SMILES string of the molecule is CN1CCN(NCc2cnn(-c3ccccc3)c2)CC1. The van der Waals surface area contributed by atoms with Gasteiger partial charge in [0.05, 0.1) is 11.9 Å². The van der Waals surface area contributed by atoms with E-state index in [2.05, 4.69) is 45.8 Å². The summed E-state index contributed by atoms with van der Waals surface area (Å²) in [5, 5.41) is 6.70. The van der Waals surface area contributed by atoms with Crippen molar-refractivity contribution in [3.05, 3.63) is 48.3 Å². The van der Waals surface area contributed by atoms with Gasteiger partial charge in [0.15, 0.2) is 0 Å². The standard InChI is InChI=1S/C15H21N5/c1-18-7-9-19(10-8-18)16-11-14-12-17-20(13-14)15-5-3-2-4-6-15/h2-6,12-13,16H,7-11H2,1H3. The third kappa shape index (κ3) is 3.25. The van der Waals surface area contributed by atoms with E-state index in [0.29, 0.717) is 0 Å². The van der Waals surface area contributed by atoms with Crippen molar-refractivity contribution in [2.45, 2.75) is 6.54 Å². The molecule has 0 atom stereocenters. The Morgan fingerprint density at radius 2 is 1.85 bits per heavy atom. The van der Waals surface area contributed by atoms with E-state index in [-0.39, 0.29) is 0 Å². The van der Waals surface area contributed by atoms with E-state index in [1.165, 1.54) is 5.56 Å². The lowest BCUT2D eigenvalue weighted by Crippen LogP contribution is -2.50. The average Bonchev–Trinajstić information content (AvgIpc) is 2.97. The van der Waals surface area contributed by atoms with Crippen molar-refractivity contribution in [2.24, 2.45) is 0 Å². The lowest BCUT2D eigenvalue weighted by Gasteiger charge is -2.32. The topological polar surface area (TPSA) is 36.3 Å². The van der Waals surface area contributed by atoms with E-state index in [0.717, 1.165) is 38.4 Å². The van der Waals surface area contributed by atoms with Gasteiger partial charge in [-0.2, -0.15) is 5.10 Å². The van der Waals surface area contributed by atoms with Gasteiger partial charge in [-0.05, 0) is 19.2 Å². The van der Waals surface area contributed by atoms with Crippen LogP contribution in [0.2, 0.25) is 0 Å². The Kier molecular flexibility index (Phi) is 4.11. The second-order valence-electron chi connectivity index (χ2n) is 5.25. The molecule has 1 fully saturated rings. The Morgan fingerprint density at radius 3 is 2.60 bits per heavy atom. The third-order valence-corrected chi connectivity index (χ3v) is 3.67. The maximum atomic E-state index is 4.41. The van der Waals surface area contributed by atoms with Crippen LogP contribution >= 0.6 is 0 Å². The van der Waals surface area contributed by atoms with Crippen LogP contribution in [0.4, 0.5) is 0 Å². The molecule has 0 radical (unpaired) electrons. The fourth-order valence-corrected chi connectivity index (χ4v) is 2.34. The van der Waals surface area contributed by atoms with Crippen molar-refractivity contribution >= 4 is 0 Å². The zero-order valence-electron chi connectivity index (χ0n) is 11.9. The predicted molar refractivity (Wildman–Crippen MR) is 79.5 cm³/mol. The number of nitrogens with zero attached hydrogens (tertiary/aromatic N) is 4. The molecule has 1 aliphatic rings. The van der Waals surface area contributed by atoms with Crippen LogP contribution in [0, 0.1) is 0 Å². The summed E-state index contributed by atoms with van der Waals surface area (Å²) in [4.78, 5) is 2.35. The van der Waals surface area contributed by atoms with Gasteiger partial charge in [-0.25, -0.2) is 9.69 Å². The van der Waals surface area contributed by atoms with Gasteiger partial charge in [-0.1, -0.05) is 18.2 Å². The highest BCUT2D eigenvalue weighted by atomic mass is 15.5. The summed E-state index contributed by atoms with van der Waals surface area (Å²) in [6.07, 6.45) is 4.01. The number of hydrogen-bond donors (Lipinski definition) is 1. The molecular formula is C15H21N5. The minimum absolute atomic E-state index is 0.830. The first-order valence-electron chi connectivity index (χ1n) is 7.07. The van der Waals surface area contributed by atoms with Crippen molar-refractivity contribution in [1.29, 1.82) is 0 Å². The Labute approximate surface area is 119 Å². The van der Waals surface area contributed by atoms with Gasteiger partial charge in [0.2, 0.25) is 0 Å². The smallest absolute Gasteiger partial charge is 0.0645 e. The number of likely N-dealkylation sites (N-methyl/N-ethyl adjacent to an activating group) is 1. The average molecular weight is 271 g/mol. The summed E-state index contributed by atoms with van der Waals surface area (Å²) in [5.41, 5.74) is 5.77. The van der Waals surface area contributed by atoms with Crippen LogP contribution in [0.25, 0.3) is 5.69 Å². The van der Waals surface area contributed by atoms with Crippen LogP contribution < -0.4 is 5.43 Å². The van der Waals surface area contributed by atoms with Crippen molar-refractivity contribution < 1.29 is 0 Å². The quantitative estimate of drug-likeness (QED) is 0.904. The summed E-state index contributed by atoms with van der Waals surface area (Å²) >= 11 is 0. The second-order valence-corrected chi connectivity index (χ2v) is 5.25. The zero-order valence-corrected chi connectivity index (χ0v) is 11.9. The molecule has 1 N–H and O–H groups in total. The molecule has 3 rings (SSSR count). The molecule has 106 valence electrons. The van der Waals surface area contributed by atoms with Crippen molar-refractivity contribution in [3.63, 3.8) is 0 Å². The van der Waals surface area contributed by atoms with Crippen LogP contribution in [0.5, 0.6) is 0 Å². The monoisotopic (exact) mass is 271 g/mol. The molecule has 0 saturated carbocycles. The molecule has 1 aromatic carbocycles. The molecule has 2 aromatic rings. The van der Waals surface area contributed by atoms with Crippen LogP contribution in [0.3, 0.4) is 0 Å². The van der Waals surface area contributed by atoms with Gasteiger partial charge in [0.25, 0.3) is 0 Å². The Balaban J connectivity index is 1.55. The largest absolute Gasteiger partial charge is 0.304 e. The first-order valence-corrected chi connectivity index (χ1v) is 7.07. The molecule has 2 heterocycles.